The number of hydrogen-bond acceptors (Lipinski definition) is 4. The molecule has 0 aliphatic carbocycles. The molecule has 21 heavy (non-hydrogen) atoms. The van der Waals surface area contributed by atoms with Gasteiger partial charge in [0, 0.05) is 12.4 Å². The lowest BCUT2D eigenvalue weighted by atomic mass is 10.2. The van der Waals surface area contributed by atoms with Gasteiger partial charge in [0.15, 0.2) is 9.84 Å². The zero-order valence-corrected chi connectivity index (χ0v) is 12.3. The van der Waals surface area contributed by atoms with Gasteiger partial charge in [0.05, 0.1) is 27.5 Å². The largest absolute Gasteiger partial charge is 0.398 e. The number of nitrogens with zero attached hydrogens (tertiary/aromatic N) is 2. The van der Waals surface area contributed by atoms with Gasteiger partial charge in [0.2, 0.25) is 0 Å². The van der Waals surface area contributed by atoms with Crippen LogP contribution in [0.25, 0.3) is 10.9 Å². The topological polar surface area (TPSA) is 78.0 Å². The van der Waals surface area contributed by atoms with Crippen LogP contribution in [0.15, 0.2) is 53.4 Å². The third-order valence-corrected chi connectivity index (χ3v) is 5.11. The minimum absolute atomic E-state index is 0.153. The van der Waals surface area contributed by atoms with Crippen LogP contribution in [0, 0.1) is 0 Å². The summed E-state index contributed by atoms with van der Waals surface area (Å²) >= 11 is 0. The highest BCUT2D eigenvalue weighted by Crippen LogP contribution is 2.25. The van der Waals surface area contributed by atoms with Crippen molar-refractivity contribution < 1.29 is 8.42 Å². The number of benzene rings is 2. The van der Waals surface area contributed by atoms with Crippen molar-refractivity contribution in [1.82, 2.24) is 9.78 Å². The molecule has 0 amide bonds. The average molecular weight is 301 g/mol. The summed E-state index contributed by atoms with van der Waals surface area (Å²) < 4.78 is 26.8. The van der Waals surface area contributed by atoms with Crippen molar-refractivity contribution in [3.8, 4) is 0 Å². The van der Waals surface area contributed by atoms with Crippen molar-refractivity contribution in [1.29, 1.82) is 0 Å². The summed E-state index contributed by atoms with van der Waals surface area (Å²) in [5.41, 5.74) is 7.48. The molecule has 1 aromatic heterocycles. The molecule has 0 fully saturated rings. The molecule has 3 rings (SSSR count). The first-order chi connectivity index (χ1) is 9.99. The fourth-order valence-electron chi connectivity index (χ4n) is 2.42. The first-order valence-corrected chi connectivity index (χ1v) is 8.12. The lowest BCUT2D eigenvalue weighted by Gasteiger charge is -2.05. The highest BCUT2D eigenvalue weighted by molar-refractivity contribution is 7.90. The Labute approximate surface area is 122 Å². The van der Waals surface area contributed by atoms with E-state index >= 15 is 0 Å². The summed E-state index contributed by atoms with van der Waals surface area (Å²) in [5, 5.41) is 5.17. The van der Waals surface area contributed by atoms with E-state index in [9.17, 15) is 8.42 Å². The van der Waals surface area contributed by atoms with Gasteiger partial charge in [-0.05, 0) is 18.2 Å². The third kappa shape index (κ3) is 2.38. The molecule has 2 N–H and O–H groups in total. The number of aromatic nitrogens is 2. The first kappa shape index (κ1) is 13.6. The summed E-state index contributed by atoms with van der Waals surface area (Å²) in [7, 11) is -1.72. The van der Waals surface area contributed by atoms with E-state index in [0.717, 1.165) is 10.9 Å². The molecule has 0 bridgehead atoms. The minimum Gasteiger partial charge on any atom is -0.398 e. The van der Waals surface area contributed by atoms with Gasteiger partial charge in [-0.25, -0.2) is 8.42 Å². The first-order valence-electron chi connectivity index (χ1n) is 6.47. The number of aryl methyl sites for hydroxylation is 1. The van der Waals surface area contributed by atoms with Gasteiger partial charge in [-0.2, -0.15) is 5.10 Å². The molecule has 3 aromatic rings. The zero-order valence-electron chi connectivity index (χ0n) is 11.5. The molecular weight excluding hydrogens is 286 g/mol. The van der Waals surface area contributed by atoms with Gasteiger partial charge in [-0.3, -0.25) is 4.68 Å². The fourth-order valence-corrected chi connectivity index (χ4v) is 3.86. The van der Waals surface area contributed by atoms with Crippen LogP contribution >= 0.6 is 0 Å². The molecule has 0 aliphatic heterocycles. The molecule has 2 aromatic carbocycles. The van der Waals surface area contributed by atoms with Crippen molar-refractivity contribution in [3.05, 3.63) is 54.2 Å². The molecule has 0 aliphatic rings. The van der Waals surface area contributed by atoms with Crippen LogP contribution in [0.4, 0.5) is 5.69 Å². The van der Waals surface area contributed by atoms with E-state index < -0.39 is 9.84 Å². The number of anilines is 1. The van der Waals surface area contributed by atoms with E-state index in [1.807, 2.05) is 24.3 Å². The molecule has 0 unspecified atom stereocenters. The maximum atomic E-state index is 12.5. The Morgan fingerprint density at radius 3 is 2.52 bits per heavy atom. The molecule has 0 saturated carbocycles. The molecular formula is C15H15N3O2S. The Balaban J connectivity index is 2.08. The van der Waals surface area contributed by atoms with Crippen LogP contribution in [0.1, 0.15) is 5.69 Å². The van der Waals surface area contributed by atoms with Crippen molar-refractivity contribution in [3.63, 3.8) is 0 Å². The molecule has 5 nitrogen and oxygen atoms in total. The second-order valence-electron chi connectivity index (χ2n) is 4.88. The van der Waals surface area contributed by atoms with Crippen molar-refractivity contribution in [2.75, 3.05) is 5.73 Å². The van der Waals surface area contributed by atoms with E-state index in [1.165, 1.54) is 6.07 Å². The Hall–Kier alpha value is -2.34. The summed E-state index contributed by atoms with van der Waals surface area (Å²) in [5.74, 6) is -0.164. The lowest BCUT2D eigenvalue weighted by molar-refractivity contribution is 0.594. The molecule has 0 atom stereocenters. The van der Waals surface area contributed by atoms with Crippen LogP contribution in [0.2, 0.25) is 0 Å². The van der Waals surface area contributed by atoms with Gasteiger partial charge in [0.1, 0.15) is 0 Å². The number of rotatable bonds is 3. The van der Waals surface area contributed by atoms with Crippen molar-refractivity contribution >= 4 is 26.4 Å². The van der Waals surface area contributed by atoms with Gasteiger partial charge in [-0.1, -0.05) is 30.3 Å². The maximum absolute atomic E-state index is 12.5. The number of para-hydroxylation sites is 2. The normalized spacial score (nSPS) is 11.9. The standard InChI is InChI=1S/C15H15N3O2S/c1-18-14-8-4-2-6-11(14)13(17-18)10-21(19,20)15-9-5-3-7-12(15)16/h2-9H,10,16H2,1H3. The Bertz CT molecular complexity index is 914. The summed E-state index contributed by atoms with van der Waals surface area (Å²) in [4.78, 5) is 0.153. The van der Waals surface area contributed by atoms with E-state index in [-0.39, 0.29) is 16.3 Å². The monoisotopic (exact) mass is 301 g/mol. The van der Waals surface area contributed by atoms with Crippen LogP contribution in [0.3, 0.4) is 0 Å². The van der Waals surface area contributed by atoms with E-state index in [0.29, 0.717) is 5.69 Å². The van der Waals surface area contributed by atoms with Crippen LogP contribution in [0.5, 0.6) is 0 Å². The number of nitrogen functional groups attached to an aromatic ring is 1. The predicted octanol–water partition coefficient (Wildman–Crippen LogP) is 2.13. The molecule has 0 spiro atoms. The van der Waals surface area contributed by atoms with Crippen LogP contribution < -0.4 is 5.73 Å². The maximum Gasteiger partial charge on any atom is 0.186 e. The predicted molar refractivity (Wildman–Crippen MR) is 82.5 cm³/mol. The lowest BCUT2D eigenvalue weighted by Crippen LogP contribution is -2.08. The number of sulfone groups is 1. The third-order valence-electron chi connectivity index (χ3n) is 3.42. The Kier molecular flexibility index (Phi) is 3.17. The average Bonchev–Trinajstić information content (AvgIpc) is 2.76. The number of hydrogen-bond donors (Lipinski definition) is 1. The second-order valence-corrected chi connectivity index (χ2v) is 6.84. The SMILES string of the molecule is Cn1nc(CS(=O)(=O)c2ccccc2N)c2ccccc21. The zero-order chi connectivity index (χ0) is 15.0. The highest BCUT2D eigenvalue weighted by Gasteiger charge is 2.21. The van der Waals surface area contributed by atoms with Gasteiger partial charge < -0.3 is 5.73 Å². The summed E-state index contributed by atoms with van der Waals surface area (Å²) in [6.07, 6.45) is 0. The van der Waals surface area contributed by atoms with Crippen molar-refractivity contribution in [2.24, 2.45) is 7.05 Å². The smallest absolute Gasteiger partial charge is 0.186 e. The van der Waals surface area contributed by atoms with E-state index in [1.54, 1.807) is 29.9 Å². The summed E-state index contributed by atoms with van der Waals surface area (Å²) in [6.45, 7) is 0. The quantitative estimate of drug-likeness (QED) is 0.752. The Morgan fingerprint density at radius 2 is 1.76 bits per heavy atom. The second kappa shape index (κ2) is 4.89. The number of fused-ring (bicyclic) bond motifs is 1. The van der Waals surface area contributed by atoms with Crippen LogP contribution in [-0.4, -0.2) is 18.2 Å². The fraction of sp³-hybridized carbons (Fsp3) is 0.133. The Morgan fingerprint density at radius 1 is 1.10 bits per heavy atom. The van der Waals surface area contributed by atoms with Gasteiger partial charge in [-0.15, -0.1) is 0 Å². The molecule has 108 valence electrons. The van der Waals surface area contributed by atoms with Gasteiger partial charge in [0.25, 0.3) is 0 Å². The minimum atomic E-state index is -3.52. The molecule has 1 heterocycles. The molecule has 0 saturated heterocycles. The van der Waals surface area contributed by atoms with E-state index in [4.69, 9.17) is 5.73 Å². The van der Waals surface area contributed by atoms with Crippen molar-refractivity contribution in [2.45, 2.75) is 10.6 Å². The van der Waals surface area contributed by atoms with E-state index in [2.05, 4.69) is 5.10 Å². The molecule has 6 heteroatoms. The highest BCUT2D eigenvalue weighted by atomic mass is 32.2. The molecule has 0 radical (unpaired) electrons. The van der Waals surface area contributed by atoms with Gasteiger partial charge >= 0.3 is 0 Å². The van der Waals surface area contributed by atoms with Crippen LogP contribution in [-0.2, 0) is 22.6 Å². The number of nitrogens with two attached hydrogens (primary N) is 1. The summed E-state index contributed by atoms with van der Waals surface area (Å²) in [6, 6.07) is 14.1.